The zero-order chi connectivity index (χ0) is 38.2. The molecule has 0 aliphatic carbocycles. The van der Waals surface area contributed by atoms with Gasteiger partial charge in [-0.3, -0.25) is 0 Å². The first-order valence-corrected chi connectivity index (χ1v) is 19.5. The smallest absolute Gasteiger partial charge is 0.164 e. The van der Waals surface area contributed by atoms with E-state index in [0.29, 0.717) is 17.5 Å². The fourth-order valence-corrected chi connectivity index (χ4v) is 8.86. The number of rotatable bonds is 5. The van der Waals surface area contributed by atoms with Gasteiger partial charge in [-0.15, -0.1) is 0 Å². The summed E-state index contributed by atoms with van der Waals surface area (Å²) in [5.41, 5.74) is 10.0. The molecule has 0 N–H and O–H groups in total. The van der Waals surface area contributed by atoms with Crippen LogP contribution in [0.25, 0.3) is 116 Å². The van der Waals surface area contributed by atoms with Crippen LogP contribution in [-0.4, -0.2) is 19.5 Å². The minimum atomic E-state index is 0.598. The normalized spacial score (nSPS) is 11.8. The van der Waals surface area contributed by atoms with Gasteiger partial charge in [0.25, 0.3) is 0 Å². The lowest BCUT2D eigenvalue weighted by Crippen LogP contribution is -2.00. The van der Waals surface area contributed by atoms with E-state index in [-0.39, 0.29) is 0 Å². The highest BCUT2D eigenvalue weighted by atomic mass is 16.3. The zero-order valence-electron chi connectivity index (χ0n) is 31.2. The molecular formula is C53H32N4O. The molecule has 3 heterocycles. The fourth-order valence-electron chi connectivity index (χ4n) is 8.86. The quantitative estimate of drug-likeness (QED) is 0.176. The molecule has 0 unspecified atom stereocenters. The largest absolute Gasteiger partial charge is 0.456 e. The van der Waals surface area contributed by atoms with Crippen molar-refractivity contribution in [1.82, 2.24) is 19.5 Å². The fraction of sp³-hybridized carbons (Fsp3) is 0. The number of hydrogen-bond donors (Lipinski definition) is 0. The van der Waals surface area contributed by atoms with Crippen molar-refractivity contribution in [1.29, 1.82) is 0 Å². The van der Waals surface area contributed by atoms with Crippen LogP contribution in [0.2, 0.25) is 0 Å². The Morgan fingerprint density at radius 3 is 1.74 bits per heavy atom. The molecule has 0 amide bonds. The van der Waals surface area contributed by atoms with Crippen LogP contribution in [0.3, 0.4) is 0 Å². The standard InChI is InChI=1S/C53H32N4O/c1-3-16-34(17-4-1)51-54-52(35-18-5-2-6-19-35)56-53(55-51)42-26-14-28-46-50(42)49-40-24-10-9-23-39(40)43(32-47(49)58-46)36-20-13-21-37(31-36)57-44-27-12-11-25-41(44)48-38-22-8-7-15-33(38)29-30-45(48)57/h1-32H. The Labute approximate surface area is 333 Å². The average Bonchev–Trinajstić information content (AvgIpc) is 3.86. The van der Waals surface area contributed by atoms with Gasteiger partial charge in [-0.05, 0) is 69.1 Å². The first-order valence-electron chi connectivity index (χ1n) is 19.5. The second-order valence-corrected chi connectivity index (χ2v) is 14.7. The van der Waals surface area contributed by atoms with Gasteiger partial charge in [-0.25, -0.2) is 15.0 Å². The Morgan fingerprint density at radius 2 is 0.966 bits per heavy atom. The highest BCUT2D eigenvalue weighted by Crippen LogP contribution is 2.44. The molecule has 0 atom stereocenters. The Balaban J connectivity index is 1.07. The van der Waals surface area contributed by atoms with Crippen LogP contribution in [-0.2, 0) is 0 Å². The van der Waals surface area contributed by atoms with Crippen LogP contribution >= 0.6 is 0 Å². The molecule has 58 heavy (non-hydrogen) atoms. The molecule has 0 radical (unpaired) electrons. The molecule has 9 aromatic carbocycles. The molecule has 0 saturated heterocycles. The van der Waals surface area contributed by atoms with Crippen molar-refractivity contribution in [3.63, 3.8) is 0 Å². The van der Waals surface area contributed by atoms with E-state index < -0.39 is 0 Å². The van der Waals surface area contributed by atoms with Crippen LogP contribution < -0.4 is 0 Å². The average molecular weight is 741 g/mol. The van der Waals surface area contributed by atoms with Crippen LogP contribution in [0.5, 0.6) is 0 Å². The molecule has 0 fully saturated rings. The molecular weight excluding hydrogens is 709 g/mol. The minimum absolute atomic E-state index is 0.598. The molecule has 12 aromatic rings. The topological polar surface area (TPSA) is 56.7 Å². The van der Waals surface area contributed by atoms with Crippen molar-refractivity contribution in [2.24, 2.45) is 0 Å². The lowest BCUT2D eigenvalue weighted by Gasteiger charge is -2.13. The molecule has 0 saturated carbocycles. The Bertz CT molecular complexity index is 3510. The summed E-state index contributed by atoms with van der Waals surface area (Å²) in [5, 5.41) is 9.29. The molecule has 0 aliphatic rings. The van der Waals surface area contributed by atoms with Gasteiger partial charge >= 0.3 is 0 Å². The second-order valence-electron chi connectivity index (χ2n) is 14.7. The summed E-state index contributed by atoms with van der Waals surface area (Å²) in [6.07, 6.45) is 0. The summed E-state index contributed by atoms with van der Waals surface area (Å²) >= 11 is 0. The molecule has 0 aliphatic heterocycles. The predicted octanol–water partition coefficient (Wildman–Crippen LogP) is 13.8. The van der Waals surface area contributed by atoms with E-state index in [9.17, 15) is 0 Å². The third-order valence-corrected chi connectivity index (χ3v) is 11.4. The monoisotopic (exact) mass is 740 g/mol. The third kappa shape index (κ3) is 5.00. The van der Waals surface area contributed by atoms with E-state index in [1.54, 1.807) is 0 Å². The van der Waals surface area contributed by atoms with Gasteiger partial charge in [-0.2, -0.15) is 0 Å². The Kier molecular flexibility index (Phi) is 7.16. The molecule has 0 spiro atoms. The number of benzene rings is 9. The van der Waals surface area contributed by atoms with E-state index in [1.165, 1.54) is 32.6 Å². The summed E-state index contributed by atoms with van der Waals surface area (Å²) in [4.78, 5) is 15.2. The van der Waals surface area contributed by atoms with E-state index in [0.717, 1.165) is 66.2 Å². The van der Waals surface area contributed by atoms with Crippen molar-refractivity contribution in [3.8, 4) is 51.0 Å². The summed E-state index contributed by atoms with van der Waals surface area (Å²) in [7, 11) is 0. The first-order chi connectivity index (χ1) is 28.8. The van der Waals surface area contributed by atoms with Gasteiger partial charge in [0, 0.05) is 43.9 Å². The first kappa shape index (κ1) is 32.4. The van der Waals surface area contributed by atoms with Crippen LogP contribution in [0.1, 0.15) is 0 Å². The SMILES string of the molecule is c1ccc(-c2nc(-c3ccccc3)nc(-c3cccc4oc5cc(-c6cccc(-n7c8ccccc8c8c9ccccc9ccc87)c6)c6ccccc6c5c34)n2)cc1. The minimum Gasteiger partial charge on any atom is -0.456 e. The highest BCUT2D eigenvalue weighted by molar-refractivity contribution is 6.25. The maximum Gasteiger partial charge on any atom is 0.164 e. The number of para-hydroxylation sites is 1. The number of aromatic nitrogens is 4. The van der Waals surface area contributed by atoms with Gasteiger partial charge in [-0.1, -0.05) is 158 Å². The second kappa shape index (κ2) is 12.8. The predicted molar refractivity (Wildman–Crippen MR) is 238 cm³/mol. The lowest BCUT2D eigenvalue weighted by atomic mass is 9.93. The van der Waals surface area contributed by atoms with Crippen LogP contribution in [0, 0.1) is 0 Å². The number of fused-ring (bicyclic) bond motifs is 10. The third-order valence-electron chi connectivity index (χ3n) is 11.4. The van der Waals surface area contributed by atoms with E-state index in [2.05, 4.69) is 126 Å². The van der Waals surface area contributed by atoms with E-state index in [4.69, 9.17) is 19.4 Å². The van der Waals surface area contributed by atoms with Crippen LogP contribution in [0.4, 0.5) is 0 Å². The molecule has 5 nitrogen and oxygen atoms in total. The van der Waals surface area contributed by atoms with Crippen molar-refractivity contribution >= 4 is 65.3 Å². The summed E-state index contributed by atoms with van der Waals surface area (Å²) in [6, 6.07) is 68.0. The van der Waals surface area contributed by atoms with Gasteiger partial charge < -0.3 is 8.98 Å². The number of furan rings is 1. The van der Waals surface area contributed by atoms with Crippen LogP contribution in [0.15, 0.2) is 199 Å². The van der Waals surface area contributed by atoms with E-state index >= 15 is 0 Å². The van der Waals surface area contributed by atoms with Gasteiger partial charge in [0.2, 0.25) is 0 Å². The van der Waals surface area contributed by atoms with Gasteiger partial charge in [0.15, 0.2) is 17.5 Å². The molecule has 5 heteroatoms. The molecule has 0 bridgehead atoms. The zero-order valence-corrected chi connectivity index (χ0v) is 31.2. The maximum atomic E-state index is 6.80. The van der Waals surface area contributed by atoms with Crippen molar-refractivity contribution < 1.29 is 4.42 Å². The van der Waals surface area contributed by atoms with Gasteiger partial charge in [0.1, 0.15) is 11.2 Å². The van der Waals surface area contributed by atoms with E-state index in [1.807, 2.05) is 72.8 Å². The lowest BCUT2D eigenvalue weighted by molar-refractivity contribution is 0.669. The van der Waals surface area contributed by atoms with Crippen molar-refractivity contribution in [2.45, 2.75) is 0 Å². The molecule has 3 aromatic heterocycles. The Hall–Kier alpha value is -7.89. The molecule has 270 valence electrons. The highest BCUT2D eigenvalue weighted by Gasteiger charge is 2.22. The summed E-state index contributed by atoms with van der Waals surface area (Å²) < 4.78 is 9.20. The summed E-state index contributed by atoms with van der Waals surface area (Å²) in [5.74, 6) is 1.84. The number of hydrogen-bond acceptors (Lipinski definition) is 4. The maximum absolute atomic E-state index is 6.80. The Morgan fingerprint density at radius 1 is 0.345 bits per heavy atom. The van der Waals surface area contributed by atoms with Gasteiger partial charge in [0.05, 0.1) is 11.0 Å². The van der Waals surface area contributed by atoms with Crippen molar-refractivity contribution in [2.75, 3.05) is 0 Å². The summed E-state index contributed by atoms with van der Waals surface area (Å²) in [6.45, 7) is 0. The number of nitrogens with zero attached hydrogens (tertiary/aromatic N) is 4. The molecule has 12 rings (SSSR count). The van der Waals surface area contributed by atoms with Crippen molar-refractivity contribution in [3.05, 3.63) is 194 Å².